The molecule has 2 aromatic heterocycles. The summed E-state index contributed by atoms with van der Waals surface area (Å²) in [5.74, 6) is 0. The summed E-state index contributed by atoms with van der Waals surface area (Å²) in [6.07, 6.45) is 1.86. The van der Waals surface area contributed by atoms with Gasteiger partial charge in [-0.3, -0.25) is 0 Å². The molecule has 4 nitrogen and oxygen atoms in total. The van der Waals surface area contributed by atoms with Crippen LogP contribution in [0.25, 0.3) is 5.65 Å². The predicted molar refractivity (Wildman–Crippen MR) is 27.3 cm³/mol. The third kappa shape index (κ3) is 0.294. The number of hydrogen-bond acceptors (Lipinski definition) is 2. The van der Waals surface area contributed by atoms with E-state index < -0.39 is 0 Å². The first-order valence-corrected chi connectivity index (χ1v) is 2.31. The van der Waals surface area contributed by atoms with E-state index in [9.17, 15) is 0 Å². The Bertz CT molecular complexity index is 229. The van der Waals surface area contributed by atoms with Gasteiger partial charge in [-0.25, -0.2) is 4.52 Å². The van der Waals surface area contributed by atoms with E-state index in [-0.39, 0.29) is 0 Å². The van der Waals surface area contributed by atoms with Crippen molar-refractivity contribution in [3.8, 4) is 0 Å². The molecule has 8 heavy (non-hydrogen) atoms. The first-order valence-electron chi connectivity index (χ1n) is 2.31. The van der Waals surface area contributed by atoms with Crippen molar-refractivity contribution in [2.45, 2.75) is 0 Å². The zero-order valence-electron chi connectivity index (χ0n) is 4.07. The van der Waals surface area contributed by atoms with E-state index in [0.29, 0.717) is 0 Å². The Labute approximate surface area is 45.1 Å². The van der Waals surface area contributed by atoms with Gasteiger partial charge in [0.05, 0.1) is 0 Å². The van der Waals surface area contributed by atoms with Gasteiger partial charge in [0, 0.05) is 6.20 Å². The topological polar surface area (TPSA) is 46.0 Å². The van der Waals surface area contributed by atoms with Crippen LogP contribution in [-0.2, 0) is 0 Å². The van der Waals surface area contributed by atoms with E-state index in [1.807, 2.05) is 18.3 Å². The number of hydrogen-bond donors (Lipinski definition) is 1. The summed E-state index contributed by atoms with van der Waals surface area (Å²) in [4.78, 5) is 0. The molecule has 2 rings (SSSR count). The number of fused-ring (bicyclic) bond motifs is 1. The highest BCUT2D eigenvalue weighted by Crippen LogP contribution is 1.92. The van der Waals surface area contributed by atoms with Crippen LogP contribution in [0.2, 0.25) is 0 Å². The largest absolute Gasteiger partial charge is 0.226 e. The van der Waals surface area contributed by atoms with Gasteiger partial charge in [0.25, 0.3) is 0 Å². The summed E-state index contributed by atoms with van der Waals surface area (Å²) < 4.78 is 1.74. The number of rotatable bonds is 0. The van der Waals surface area contributed by atoms with Gasteiger partial charge < -0.3 is 0 Å². The van der Waals surface area contributed by atoms with Gasteiger partial charge >= 0.3 is 0 Å². The fourth-order valence-electron chi connectivity index (χ4n) is 0.660. The lowest BCUT2D eigenvalue weighted by Crippen LogP contribution is -1.77. The van der Waals surface area contributed by atoms with E-state index >= 15 is 0 Å². The maximum atomic E-state index is 3.74. The van der Waals surface area contributed by atoms with Crippen LogP contribution in [0.15, 0.2) is 18.3 Å². The number of nitrogens with zero attached hydrogens (tertiary/aromatic N) is 3. The van der Waals surface area contributed by atoms with Crippen LogP contribution in [0, 0.1) is 0 Å². The maximum absolute atomic E-state index is 3.74. The Morgan fingerprint density at radius 2 is 2.62 bits per heavy atom. The van der Waals surface area contributed by atoms with Crippen molar-refractivity contribution in [1.82, 2.24) is 20.0 Å². The molecule has 0 fully saturated rings. The first-order chi connectivity index (χ1) is 3.97. The summed E-state index contributed by atoms with van der Waals surface area (Å²) in [6, 6.07) is 3.78. The van der Waals surface area contributed by atoms with Crippen LogP contribution in [0.4, 0.5) is 0 Å². The third-order valence-corrected chi connectivity index (χ3v) is 1.03. The molecule has 1 N–H and O–H groups in total. The second-order valence-corrected chi connectivity index (χ2v) is 1.54. The molecule has 40 valence electrons. The number of H-pyrrole nitrogens is 1. The number of aromatic nitrogens is 4. The van der Waals surface area contributed by atoms with Gasteiger partial charge in [-0.15, -0.1) is 5.10 Å². The Balaban J connectivity index is 3.06. The average Bonchev–Trinajstić information content (AvgIpc) is 2.15. The molecule has 0 bridgehead atoms. The Kier molecular flexibility index (Phi) is 0.498. The summed E-state index contributed by atoms with van der Waals surface area (Å²) in [5.41, 5.74) is 0.852. The average molecular weight is 108 g/mol. The van der Waals surface area contributed by atoms with E-state index in [1.54, 1.807) is 4.52 Å². The SMILES string of the molecule is c1cc2nn[nH]n2c1. The molecule has 0 aliphatic heterocycles. The lowest BCUT2D eigenvalue weighted by Gasteiger charge is -1.71. The van der Waals surface area contributed by atoms with Gasteiger partial charge in [-0.1, -0.05) is 5.21 Å². The fourth-order valence-corrected chi connectivity index (χ4v) is 0.660. The second-order valence-electron chi connectivity index (χ2n) is 1.54. The highest BCUT2D eigenvalue weighted by molar-refractivity contribution is 5.34. The first kappa shape index (κ1) is 3.65. The molecule has 0 amide bonds. The number of aromatic amines is 1. The summed E-state index contributed by atoms with van der Waals surface area (Å²) in [6.45, 7) is 0. The van der Waals surface area contributed by atoms with Crippen LogP contribution >= 0.6 is 0 Å². The molecule has 0 saturated heterocycles. The van der Waals surface area contributed by atoms with Crippen molar-refractivity contribution in [3.63, 3.8) is 0 Å². The highest BCUT2D eigenvalue weighted by atomic mass is 15.5. The van der Waals surface area contributed by atoms with Crippen LogP contribution < -0.4 is 0 Å². The minimum atomic E-state index is 0.852. The van der Waals surface area contributed by atoms with E-state index in [0.717, 1.165) is 5.65 Å². The van der Waals surface area contributed by atoms with Crippen molar-refractivity contribution < 1.29 is 0 Å². The predicted octanol–water partition coefficient (Wildman–Crippen LogP) is 0.0574. The maximum Gasteiger partial charge on any atom is 0.176 e. The third-order valence-electron chi connectivity index (χ3n) is 1.03. The summed E-state index contributed by atoms with van der Waals surface area (Å²) in [5, 5.41) is 9.94. The molecule has 2 heterocycles. The van der Waals surface area contributed by atoms with E-state index in [1.165, 1.54) is 0 Å². The van der Waals surface area contributed by atoms with Crippen molar-refractivity contribution in [3.05, 3.63) is 18.3 Å². The molecule has 0 radical (unpaired) electrons. The molecule has 0 aliphatic carbocycles. The normalized spacial score (nSPS) is 10.5. The molecule has 0 atom stereocenters. The molecular formula is C4H4N4. The Morgan fingerprint density at radius 3 is 3.50 bits per heavy atom. The van der Waals surface area contributed by atoms with Crippen molar-refractivity contribution in [2.24, 2.45) is 0 Å². The minimum Gasteiger partial charge on any atom is -0.226 e. The number of nitrogens with one attached hydrogen (secondary N) is 1. The molecule has 0 saturated carbocycles. The zero-order chi connectivity index (χ0) is 5.40. The van der Waals surface area contributed by atoms with Crippen LogP contribution in [0.1, 0.15) is 0 Å². The van der Waals surface area contributed by atoms with E-state index in [2.05, 4.69) is 15.5 Å². The van der Waals surface area contributed by atoms with Crippen LogP contribution in [0.5, 0.6) is 0 Å². The monoisotopic (exact) mass is 108 g/mol. The lowest BCUT2D eigenvalue weighted by molar-refractivity contribution is 0.826. The second kappa shape index (κ2) is 1.09. The van der Waals surface area contributed by atoms with Crippen LogP contribution in [0.3, 0.4) is 0 Å². The highest BCUT2D eigenvalue weighted by Gasteiger charge is 1.88. The van der Waals surface area contributed by atoms with Gasteiger partial charge in [0.1, 0.15) is 0 Å². The van der Waals surface area contributed by atoms with Crippen LogP contribution in [-0.4, -0.2) is 20.0 Å². The molecule has 4 heteroatoms. The fraction of sp³-hybridized carbons (Fsp3) is 0. The van der Waals surface area contributed by atoms with Gasteiger partial charge in [-0.2, -0.15) is 5.21 Å². The van der Waals surface area contributed by atoms with Crippen molar-refractivity contribution >= 4 is 5.65 Å². The van der Waals surface area contributed by atoms with Crippen molar-refractivity contribution in [2.75, 3.05) is 0 Å². The molecule has 2 aromatic rings. The zero-order valence-corrected chi connectivity index (χ0v) is 4.07. The standard InChI is InChI=1S/C4H4N4/c1-2-4-5-6-7-8(4)3-1/h1-3H,(H,5,7). The smallest absolute Gasteiger partial charge is 0.176 e. The van der Waals surface area contributed by atoms with Gasteiger partial charge in [0.2, 0.25) is 0 Å². The quantitative estimate of drug-likeness (QED) is 0.518. The molecule has 0 aromatic carbocycles. The summed E-state index contributed by atoms with van der Waals surface area (Å²) >= 11 is 0. The molecular weight excluding hydrogens is 104 g/mol. The lowest BCUT2D eigenvalue weighted by atomic mass is 10.7. The Hall–Kier alpha value is -1.32. The van der Waals surface area contributed by atoms with Crippen molar-refractivity contribution in [1.29, 1.82) is 0 Å². The minimum absolute atomic E-state index is 0.852. The number of tetrazole rings is 1. The summed E-state index contributed by atoms with van der Waals surface area (Å²) in [7, 11) is 0. The van der Waals surface area contributed by atoms with E-state index in [4.69, 9.17) is 0 Å². The molecule has 0 spiro atoms. The van der Waals surface area contributed by atoms with Gasteiger partial charge in [-0.05, 0) is 12.1 Å². The van der Waals surface area contributed by atoms with Gasteiger partial charge in [0.15, 0.2) is 5.65 Å². The molecule has 0 unspecified atom stereocenters. The molecule has 0 aliphatic rings. The Morgan fingerprint density at radius 1 is 1.62 bits per heavy atom.